The molecule has 0 bridgehead atoms. The summed E-state index contributed by atoms with van der Waals surface area (Å²) in [6.45, 7) is -0.524. The quantitative estimate of drug-likeness (QED) is 0.0662. The van der Waals surface area contributed by atoms with Crippen molar-refractivity contribution in [3.63, 3.8) is 0 Å². The third-order valence-corrected chi connectivity index (χ3v) is 13.5. The number of fused-ring (bicyclic) bond motifs is 1. The lowest BCUT2D eigenvalue weighted by Crippen LogP contribution is -2.23. The number of aromatic nitrogens is 2. The van der Waals surface area contributed by atoms with Gasteiger partial charge in [0.2, 0.25) is 5.82 Å². The van der Waals surface area contributed by atoms with Gasteiger partial charge in [-0.2, -0.15) is 0 Å². The minimum Gasteiger partial charge on any atom is -0.323 e. The second kappa shape index (κ2) is 14.9. The lowest BCUT2D eigenvalue weighted by atomic mass is 9.80. The maximum absolute atomic E-state index is 15.7. The van der Waals surface area contributed by atoms with Crippen molar-refractivity contribution >= 4 is 34.6 Å². The molecule has 5 aromatic carbocycles. The molecule has 2 nitrogen and oxygen atoms in total. The largest absolute Gasteiger partial charge is 0.323 e. The summed E-state index contributed by atoms with van der Waals surface area (Å²) in [6, 6.07) is 32.9. The van der Waals surface area contributed by atoms with Gasteiger partial charge in [0.1, 0.15) is 5.82 Å². The predicted octanol–water partition coefficient (Wildman–Crippen LogP) is 11.3. The third kappa shape index (κ3) is 6.36. The Bertz CT molecular complexity index is 2140. The fourth-order valence-electron chi connectivity index (χ4n) is 8.53. The number of imidazole rings is 1. The summed E-state index contributed by atoms with van der Waals surface area (Å²) < 4.78 is 77.4. The Morgan fingerprint density at radius 3 is 1.67 bits per heavy atom. The van der Waals surface area contributed by atoms with Crippen molar-refractivity contribution in [2.24, 2.45) is 0 Å². The second-order valence-electron chi connectivity index (χ2n) is 14.2. The van der Waals surface area contributed by atoms with Crippen LogP contribution in [0, 0.1) is 29.1 Å². The molecule has 0 amide bonds. The molecule has 0 unspecified atom stereocenters. The van der Waals surface area contributed by atoms with Crippen molar-refractivity contribution in [2.45, 2.75) is 82.6 Å². The van der Waals surface area contributed by atoms with Gasteiger partial charge in [-0.15, -0.1) is 0 Å². The monoisotopic (exact) mass is 722 g/mol. The van der Waals surface area contributed by atoms with Gasteiger partial charge in [0, 0.05) is 28.7 Å². The molecule has 0 aliphatic heterocycles. The summed E-state index contributed by atoms with van der Waals surface area (Å²) in [5.41, 5.74) is 1.82. The maximum atomic E-state index is 15.7. The summed E-state index contributed by atoms with van der Waals surface area (Å²) in [4.78, 5) is 5.54. The van der Waals surface area contributed by atoms with Gasteiger partial charge in [0.25, 0.3) is 0 Å². The summed E-state index contributed by atoms with van der Waals surface area (Å²) in [5, 5.41) is 5.16. The van der Waals surface area contributed by atoms with Gasteiger partial charge in [-0.3, -0.25) is 0 Å². The minimum absolute atomic E-state index is 0.0522. The molecule has 1 aromatic heterocycles. The van der Waals surface area contributed by atoms with Crippen LogP contribution >= 0.6 is 7.92 Å². The summed E-state index contributed by atoms with van der Waals surface area (Å²) in [5.74, 6) is -8.86. The van der Waals surface area contributed by atoms with E-state index in [0.29, 0.717) is 5.82 Å². The van der Waals surface area contributed by atoms with Crippen LogP contribution in [0.25, 0.3) is 22.2 Å². The highest BCUT2D eigenvalue weighted by Gasteiger charge is 2.35. The van der Waals surface area contributed by atoms with Crippen molar-refractivity contribution in [3.8, 4) is 11.4 Å². The lowest BCUT2D eigenvalue weighted by Gasteiger charge is -2.28. The fraction of sp³-hybridized carbons (Fsp3) is 0.295. The van der Waals surface area contributed by atoms with Crippen LogP contribution in [0.15, 0.2) is 97.1 Å². The molecule has 266 valence electrons. The first kappa shape index (κ1) is 34.7. The zero-order valence-electron chi connectivity index (χ0n) is 28.9. The molecule has 8 heteroatoms. The summed E-state index contributed by atoms with van der Waals surface area (Å²) >= 11 is 0. The zero-order valence-corrected chi connectivity index (χ0v) is 29.8. The van der Waals surface area contributed by atoms with Gasteiger partial charge in [-0.05, 0) is 60.3 Å². The summed E-state index contributed by atoms with van der Waals surface area (Å²) in [6.07, 6.45) is 10.0. The highest BCUT2D eigenvalue weighted by atomic mass is 31.1. The Hall–Kier alpha value is -4.35. The van der Waals surface area contributed by atoms with Crippen molar-refractivity contribution in [2.75, 3.05) is 0 Å². The van der Waals surface area contributed by atoms with E-state index < -0.39 is 49.1 Å². The van der Waals surface area contributed by atoms with Crippen LogP contribution in [0.3, 0.4) is 0 Å². The molecule has 0 saturated heterocycles. The van der Waals surface area contributed by atoms with Crippen molar-refractivity contribution in [3.05, 3.63) is 143 Å². The Balaban J connectivity index is 1.47. The number of halogens is 5. The number of rotatable bonds is 8. The first-order chi connectivity index (χ1) is 25.4. The average Bonchev–Trinajstić information content (AvgIpc) is 3.58. The van der Waals surface area contributed by atoms with Crippen LogP contribution in [0.5, 0.6) is 0 Å². The number of nitrogens with zero attached hydrogens (tertiary/aromatic N) is 2. The number of hydrogen-bond donors (Lipinski definition) is 0. The predicted molar refractivity (Wildman–Crippen MR) is 201 cm³/mol. The molecular formula is C44H40F5N2P. The van der Waals surface area contributed by atoms with Crippen LogP contribution in [-0.4, -0.2) is 9.55 Å². The number of hydrogen-bond acceptors (Lipinski definition) is 1. The first-order valence-electron chi connectivity index (χ1n) is 18.4. The molecule has 0 N–H and O–H groups in total. The molecule has 2 fully saturated rings. The second-order valence-corrected chi connectivity index (χ2v) is 16.4. The highest BCUT2D eigenvalue weighted by Crippen LogP contribution is 2.46. The maximum Gasteiger partial charge on any atom is 0.200 e. The molecule has 0 atom stereocenters. The van der Waals surface area contributed by atoms with E-state index >= 15 is 8.78 Å². The third-order valence-electron chi connectivity index (χ3n) is 11.0. The molecule has 6 aromatic rings. The molecule has 8 rings (SSSR count). The van der Waals surface area contributed by atoms with Crippen molar-refractivity contribution < 1.29 is 22.0 Å². The molecule has 2 aliphatic rings. The molecular weight excluding hydrogens is 682 g/mol. The van der Waals surface area contributed by atoms with Crippen LogP contribution in [0.2, 0.25) is 0 Å². The van der Waals surface area contributed by atoms with E-state index in [1.807, 2.05) is 59.2 Å². The highest BCUT2D eigenvalue weighted by molar-refractivity contribution is 7.80. The van der Waals surface area contributed by atoms with Crippen LogP contribution in [-0.2, 0) is 6.54 Å². The zero-order chi connectivity index (χ0) is 35.8. The SMILES string of the molecule is Fc1c(F)c(F)c(Cn2c(-c3c(P(c4ccccc4)c4ccccc4)ccc4ccccc34)nc(C3CCCCC3)c2C2CCCCC2)c(F)c1F. The van der Waals surface area contributed by atoms with Gasteiger partial charge in [0.05, 0.1) is 12.2 Å². The van der Waals surface area contributed by atoms with E-state index in [2.05, 4.69) is 42.5 Å². The van der Waals surface area contributed by atoms with E-state index in [1.54, 1.807) is 0 Å². The molecule has 0 spiro atoms. The van der Waals surface area contributed by atoms with Gasteiger partial charge >= 0.3 is 0 Å². The Kier molecular flexibility index (Phi) is 9.98. The van der Waals surface area contributed by atoms with Crippen LogP contribution in [0.1, 0.15) is 93.0 Å². The smallest absolute Gasteiger partial charge is 0.200 e. The Labute approximate surface area is 302 Å². The minimum atomic E-state index is -2.15. The standard InChI is InChI=1S/C44H40F5N2P/c45-37-34(38(46)40(48)41(49)39(37)47)27-51-43(30-18-7-2-8-19-30)42(29-16-5-1-6-17-29)50-44(51)36-33-24-14-13-15-28(33)25-26-35(36)52(31-20-9-3-10-21-31)32-22-11-4-12-23-32/h3-4,9-15,20-26,29-30H,1-2,5-8,16-19,27H2. The van der Waals surface area contributed by atoms with Crippen LogP contribution in [0.4, 0.5) is 22.0 Å². The fourth-order valence-corrected chi connectivity index (χ4v) is 11.0. The average molecular weight is 723 g/mol. The van der Waals surface area contributed by atoms with Gasteiger partial charge in [0.15, 0.2) is 23.3 Å². The van der Waals surface area contributed by atoms with E-state index in [-0.39, 0.29) is 11.8 Å². The summed E-state index contributed by atoms with van der Waals surface area (Å²) in [7, 11) is -1.16. The van der Waals surface area contributed by atoms with E-state index in [0.717, 1.165) is 108 Å². The van der Waals surface area contributed by atoms with Crippen molar-refractivity contribution in [1.29, 1.82) is 0 Å². The molecule has 52 heavy (non-hydrogen) atoms. The van der Waals surface area contributed by atoms with E-state index in [4.69, 9.17) is 4.98 Å². The first-order valence-corrected chi connectivity index (χ1v) is 19.8. The normalized spacial score (nSPS) is 15.9. The lowest BCUT2D eigenvalue weighted by molar-refractivity contribution is 0.366. The van der Waals surface area contributed by atoms with E-state index in [9.17, 15) is 13.2 Å². The van der Waals surface area contributed by atoms with Gasteiger partial charge < -0.3 is 4.57 Å². The van der Waals surface area contributed by atoms with Crippen molar-refractivity contribution in [1.82, 2.24) is 9.55 Å². The van der Waals surface area contributed by atoms with Gasteiger partial charge in [-0.25, -0.2) is 26.9 Å². The molecule has 0 radical (unpaired) electrons. The Morgan fingerprint density at radius 1 is 0.558 bits per heavy atom. The topological polar surface area (TPSA) is 17.8 Å². The molecule has 2 saturated carbocycles. The Morgan fingerprint density at radius 2 is 1.08 bits per heavy atom. The van der Waals surface area contributed by atoms with E-state index in [1.165, 1.54) is 0 Å². The molecule has 2 aliphatic carbocycles. The molecule has 1 heterocycles. The number of benzene rings is 5. The van der Waals surface area contributed by atoms with Crippen LogP contribution < -0.4 is 15.9 Å². The van der Waals surface area contributed by atoms with Gasteiger partial charge in [-0.1, -0.05) is 136 Å².